The lowest BCUT2D eigenvalue weighted by molar-refractivity contribution is 0.0647. The molecule has 0 radical (unpaired) electrons. The smallest absolute Gasteiger partial charge is 0.255 e. The van der Waals surface area contributed by atoms with Gasteiger partial charge < -0.3 is 10.0 Å². The number of aromatic nitrogens is 1. The number of likely N-dealkylation sites (N-methyl/N-ethyl adjacent to an activating group) is 1. The molecule has 3 rings (SSSR count). The zero-order chi connectivity index (χ0) is 14.1. The first kappa shape index (κ1) is 13.1. The Morgan fingerprint density at radius 3 is 2.90 bits per heavy atom. The van der Waals surface area contributed by atoms with Crippen LogP contribution < -0.4 is 0 Å². The van der Waals surface area contributed by atoms with Crippen LogP contribution in [0.3, 0.4) is 0 Å². The number of fused-ring (bicyclic) bond motifs is 1. The Labute approximate surface area is 118 Å². The molecular formula is C16H18N2O2. The average molecular weight is 270 g/mol. The Morgan fingerprint density at radius 2 is 2.15 bits per heavy atom. The van der Waals surface area contributed by atoms with E-state index in [2.05, 4.69) is 4.98 Å². The van der Waals surface area contributed by atoms with E-state index in [0.29, 0.717) is 18.0 Å². The molecule has 20 heavy (non-hydrogen) atoms. The maximum atomic E-state index is 12.5. The van der Waals surface area contributed by atoms with Crippen molar-refractivity contribution in [1.29, 1.82) is 0 Å². The van der Waals surface area contributed by atoms with Gasteiger partial charge in [0.15, 0.2) is 0 Å². The highest BCUT2D eigenvalue weighted by molar-refractivity contribution is 6.06. The number of pyridine rings is 1. The van der Waals surface area contributed by atoms with E-state index in [1.165, 1.54) is 0 Å². The van der Waals surface area contributed by atoms with E-state index in [-0.39, 0.29) is 5.91 Å². The summed E-state index contributed by atoms with van der Waals surface area (Å²) in [5, 5.41) is 11.8. The molecule has 104 valence electrons. The topological polar surface area (TPSA) is 53.4 Å². The van der Waals surface area contributed by atoms with Gasteiger partial charge in [-0.3, -0.25) is 9.78 Å². The van der Waals surface area contributed by atoms with Crippen LogP contribution in [-0.2, 0) is 0 Å². The molecule has 1 aromatic carbocycles. The lowest BCUT2D eigenvalue weighted by atomic mass is 10.1. The highest BCUT2D eigenvalue weighted by Gasteiger charge is 2.31. The quantitative estimate of drug-likeness (QED) is 0.925. The first-order valence-electron chi connectivity index (χ1n) is 6.93. The van der Waals surface area contributed by atoms with Crippen LogP contribution in [0.15, 0.2) is 36.7 Å². The highest BCUT2D eigenvalue weighted by Crippen LogP contribution is 2.32. The third-order valence-corrected chi connectivity index (χ3v) is 3.87. The number of amides is 1. The van der Waals surface area contributed by atoms with Gasteiger partial charge in [0.25, 0.3) is 5.91 Å². The average Bonchev–Trinajstić information content (AvgIpc) is 3.30. The van der Waals surface area contributed by atoms with Gasteiger partial charge in [-0.2, -0.15) is 0 Å². The van der Waals surface area contributed by atoms with E-state index in [1.807, 2.05) is 24.3 Å². The Balaban J connectivity index is 1.84. The Bertz CT molecular complexity index is 632. The molecule has 1 amide bonds. The summed E-state index contributed by atoms with van der Waals surface area (Å²) < 4.78 is 0. The van der Waals surface area contributed by atoms with Crippen molar-refractivity contribution in [3.63, 3.8) is 0 Å². The standard InChI is InChI=1S/C16H18N2O2/c1-18(10-15(19)11-6-7-11)16(20)14-9-17-8-12-4-2-3-5-13(12)14/h2-5,8-9,11,15,19H,6-7,10H2,1H3. The van der Waals surface area contributed by atoms with Crippen molar-refractivity contribution < 1.29 is 9.90 Å². The fourth-order valence-electron chi connectivity index (χ4n) is 2.49. The van der Waals surface area contributed by atoms with Crippen LogP contribution in [0.1, 0.15) is 23.2 Å². The number of nitrogens with zero attached hydrogens (tertiary/aromatic N) is 2. The molecule has 1 aromatic heterocycles. The monoisotopic (exact) mass is 270 g/mol. The van der Waals surface area contributed by atoms with E-state index >= 15 is 0 Å². The lowest BCUT2D eigenvalue weighted by Gasteiger charge is -2.21. The van der Waals surface area contributed by atoms with Crippen LogP contribution in [0.25, 0.3) is 10.8 Å². The summed E-state index contributed by atoms with van der Waals surface area (Å²) in [7, 11) is 1.73. The minimum absolute atomic E-state index is 0.0889. The van der Waals surface area contributed by atoms with E-state index in [4.69, 9.17) is 0 Å². The van der Waals surface area contributed by atoms with Gasteiger partial charge in [-0.1, -0.05) is 24.3 Å². The second-order valence-corrected chi connectivity index (χ2v) is 5.50. The van der Waals surface area contributed by atoms with Crippen molar-refractivity contribution in [2.75, 3.05) is 13.6 Å². The van der Waals surface area contributed by atoms with Crippen LogP contribution in [0.2, 0.25) is 0 Å². The zero-order valence-corrected chi connectivity index (χ0v) is 11.5. The van der Waals surface area contributed by atoms with Crippen LogP contribution in [0.5, 0.6) is 0 Å². The van der Waals surface area contributed by atoms with Crippen molar-refractivity contribution in [1.82, 2.24) is 9.88 Å². The van der Waals surface area contributed by atoms with Gasteiger partial charge in [0.05, 0.1) is 11.7 Å². The molecule has 1 atom stereocenters. The number of aliphatic hydroxyl groups is 1. The molecule has 1 N–H and O–H groups in total. The molecular weight excluding hydrogens is 252 g/mol. The molecule has 4 heteroatoms. The van der Waals surface area contributed by atoms with Crippen molar-refractivity contribution in [3.8, 4) is 0 Å². The predicted octanol–water partition coefficient (Wildman–Crippen LogP) is 2.08. The summed E-state index contributed by atoms with van der Waals surface area (Å²) >= 11 is 0. The number of aliphatic hydroxyl groups excluding tert-OH is 1. The number of benzene rings is 1. The third-order valence-electron chi connectivity index (χ3n) is 3.87. The second-order valence-electron chi connectivity index (χ2n) is 5.50. The van der Waals surface area contributed by atoms with Crippen molar-refractivity contribution in [3.05, 3.63) is 42.2 Å². The SMILES string of the molecule is CN(CC(O)C1CC1)C(=O)c1cncc2ccccc12. The molecule has 0 saturated heterocycles. The normalized spacial score (nSPS) is 16.1. The summed E-state index contributed by atoms with van der Waals surface area (Å²) in [6, 6.07) is 7.71. The van der Waals surface area contributed by atoms with Crippen LogP contribution in [0, 0.1) is 5.92 Å². The van der Waals surface area contributed by atoms with Gasteiger partial charge in [0, 0.05) is 31.4 Å². The number of carbonyl (C=O) groups is 1. The summed E-state index contributed by atoms with van der Waals surface area (Å²) in [6.07, 6.45) is 5.08. The first-order chi connectivity index (χ1) is 9.66. The predicted molar refractivity (Wildman–Crippen MR) is 77.4 cm³/mol. The van der Waals surface area contributed by atoms with Crippen molar-refractivity contribution in [2.24, 2.45) is 5.92 Å². The molecule has 0 bridgehead atoms. The molecule has 1 aliphatic rings. The summed E-state index contributed by atoms with van der Waals surface area (Å²) in [6.45, 7) is 0.382. The third kappa shape index (κ3) is 2.51. The van der Waals surface area contributed by atoms with Gasteiger partial charge >= 0.3 is 0 Å². The van der Waals surface area contributed by atoms with Gasteiger partial charge in [-0.25, -0.2) is 0 Å². The van der Waals surface area contributed by atoms with Gasteiger partial charge in [-0.15, -0.1) is 0 Å². The lowest BCUT2D eigenvalue weighted by Crippen LogP contribution is -2.35. The van der Waals surface area contributed by atoms with Gasteiger partial charge in [0.1, 0.15) is 0 Å². The van der Waals surface area contributed by atoms with Crippen molar-refractivity contribution >= 4 is 16.7 Å². The van der Waals surface area contributed by atoms with E-state index < -0.39 is 6.10 Å². The van der Waals surface area contributed by atoms with E-state index in [1.54, 1.807) is 24.3 Å². The molecule has 1 aliphatic carbocycles. The van der Waals surface area contributed by atoms with E-state index in [0.717, 1.165) is 23.6 Å². The zero-order valence-electron chi connectivity index (χ0n) is 11.5. The number of hydrogen-bond acceptors (Lipinski definition) is 3. The fraction of sp³-hybridized carbons (Fsp3) is 0.375. The fourth-order valence-corrected chi connectivity index (χ4v) is 2.49. The Morgan fingerprint density at radius 1 is 1.40 bits per heavy atom. The maximum absolute atomic E-state index is 12.5. The summed E-state index contributed by atoms with van der Waals surface area (Å²) in [5.74, 6) is 0.282. The summed E-state index contributed by atoms with van der Waals surface area (Å²) in [4.78, 5) is 18.2. The minimum atomic E-state index is -0.410. The maximum Gasteiger partial charge on any atom is 0.255 e. The molecule has 0 spiro atoms. The Hall–Kier alpha value is -1.94. The molecule has 0 aliphatic heterocycles. The molecule has 1 saturated carbocycles. The van der Waals surface area contributed by atoms with E-state index in [9.17, 15) is 9.90 Å². The number of rotatable bonds is 4. The second kappa shape index (κ2) is 5.21. The van der Waals surface area contributed by atoms with Crippen LogP contribution in [0.4, 0.5) is 0 Å². The molecule has 2 aromatic rings. The number of hydrogen-bond donors (Lipinski definition) is 1. The highest BCUT2D eigenvalue weighted by atomic mass is 16.3. The molecule has 1 fully saturated rings. The van der Waals surface area contributed by atoms with Crippen LogP contribution in [-0.4, -0.2) is 40.6 Å². The first-order valence-corrected chi connectivity index (χ1v) is 6.93. The van der Waals surface area contributed by atoms with Crippen molar-refractivity contribution in [2.45, 2.75) is 18.9 Å². The number of carbonyl (C=O) groups excluding carboxylic acids is 1. The van der Waals surface area contributed by atoms with Gasteiger partial charge in [0.2, 0.25) is 0 Å². The minimum Gasteiger partial charge on any atom is -0.391 e. The molecule has 1 heterocycles. The van der Waals surface area contributed by atoms with Gasteiger partial charge in [-0.05, 0) is 24.1 Å². The Kier molecular flexibility index (Phi) is 3.40. The molecule has 1 unspecified atom stereocenters. The summed E-state index contributed by atoms with van der Waals surface area (Å²) in [5.41, 5.74) is 0.591. The molecule has 4 nitrogen and oxygen atoms in total. The van der Waals surface area contributed by atoms with Crippen LogP contribution >= 0.6 is 0 Å². The largest absolute Gasteiger partial charge is 0.391 e.